The fourth-order valence-corrected chi connectivity index (χ4v) is 4.83. The maximum Gasteiger partial charge on any atom is 0.273 e. The lowest BCUT2D eigenvalue weighted by Gasteiger charge is -2.22. The third-order valence-corrected chi connectivity index (χ3v) is 6.32. The smallest absolute Gasteiger partial charge is 0.273 e. The minimum atomic E-state index is 0.0300. The van der Waals surface area contributed by atoms with E-state index in [1.54, 1.807) is 11.3 Å². The Balaban J connectivity index is 1.57. The lowest BCUT2D eigenvalue weighted by molar-refractivity contribution is 0.0733. The number of amides is 1. The second-order valence-electron chi connectivity index (χ2n) is 5.72. The molecule has 6 heteroatoms. The van der Waals surface area contributed by atoms with E-state index in [-0.39, 0.29) is 11.9 Å². The molecule has 0 N–H and O–H groups in total. The minimum absolute atomic E-state index is 0.0300. The maximum atomic E-state index is 12.9. The van der Waals surface area contributed by atoms with Gasteiger partial charge in [-0.25, -0.2) is 4.98 Å². The molecule has 24 heavy (non-hydrogen) atoms. The van der Waals surface area contributed by atoms with Gasteiger partial charge < -0.3 is 4.90 Å². The first-order chi connectivity index (χ1) is 11.7. The Kier molecular flexibility index (Phi) is 4.39. The van der Waals surface area contributed by atoms with E-state index in [1.807, 2.05) is 40.6 Å². The summed E-state index contributed by atoms with van der Waals surface area (Å²) < 4.78 is 0. The summed E-state index contributed by atoms with van der Waals surface area (Å²) in [5.74, 6) is 0.0300. The van der Waals surface area contributed by atoms with Gasteiger partial charge in [-0.15, -0.1) is 22.7 Å². The van der Waals surface area contributed by atoms with Crippen LogP contribution in [0.4, 0.5) is 0 Å². The van der Waals surface area contributed by atoms with Crippen LogP contribution in [-0.4, -0.2) is 22.3 Å². The molecule has 1 aliphatic heterocycles. The van der Waals surface area contributed by atoms with E-state index < -0.39 is 0 Å². The molecular formula is C18H15ClN2OS2. The summed E-state index contributed by atoms with van der Waals surface area (Å²) in [5.41, 5.74) is 1.52. The molecule has 1 saturated heterocycles. The van der Waals surface area contributed by atoms with Crippen LogP contribution in [0.25, 0.3) is 10.6 Å². The SMILES string of the molecule is O=C(c1csc(-c2ccc(Cl)cc2)n1)N1CCC[C@@H]1c1cccs1. The Morgan fingerprint density at radius 3 is 2.79 bits per heavy atom. The van der Waals surface area contributed by atoms with Gasteiger partial charge in [0, 0.05) is 27.4 Å². The predicted molar refractivity (Wildman–Crippen MR) is 99.9 cm³/mol. The van der Waals surface area contributed by atoms with Gasteiger partial charge in [-0.05, 0) is 36.4 Å². The van der Waals surface area contributed by atoms with Crippen LogP contribution in [0, 0.1) is 0 Å². The Morgan fingerprint density at radius 1 is 1.21 bits per heavy atom. The van der Waals surface area contributed by atoms with Gasteiger partial charge >= 0.3 is 0 Å². The third-order valence-electron chi connectivity index (χ3n) is 4.20. The monoisotopic (exact) mass is 374 g/mol. The lowest BCUT2D eigenvalue weighted by atomic mass is 10.2. The topological polar surface area (TPSA) is 33.2 Å². The van der Waals surface area contributed by atoms with E-state index in [1.165, 1.54) is 16.2 Å². The Morgan fingerprint density at radius 2 is 2.04 bits per heavy atom. The molecule has 1 aliphatic rings. The first kappa shape index (κ1) is 15.8. The van der Waals surface area contributed by atoms with Crippen molar-refractivity contribution in [2.24, 2.45) is 0 Å². The van der Waals surface area contributed by atoms with Gasteiger partial charge in [-0.1, -0.05) is 29.8 Å². The second-order valence-corrected chi connectivity index (χ2v) is 7.99. The molecule has 3 heterocycles. The molecule has 3 nitrogen and oxygen atoms in total. The van der Waals surface area contributed by atoms with Crippen LogP contribution in [-0.2, 0) is 0 Å². The van der Waals surface area contributed by atoms with Crippen molar-refractivity contribution >= 4 is 40.2 Å². The number of carbonyl (C=O) groups excluding carboxylic acids is 1. The van der Waals surface area contributed by atoms with Crippen molar-refractivity contribution < 1.29 is 4.79 Å². The summed E-state index contributed by atoms with van der Waals surface area (Å²) in [6.07, 6.45) is 2.07. The Hall–Kier alpha value is -1.69. The van der Waals surface area contributed by atoms with E-state index >= 15 is 0 Å². The molecule has 0 saturated carbocycles. The van der Waals surface area contributed by atoms with Gasteiger partial charge in [0.2, 0.25) is 0 Å². The van der Waals surface area contributed by atoms with Gasteiger partial charge in [-0.2, -0.15) is 0 Å². The molecule has 2 aromatic heterocycles. The summed E-state index contributed by atoms with van der Waals surface area (Å²) in [6, 6.07) is 11.9. The highest BCUT2D eigenvalue weighted by molar-refractivity contribution is 7.13. The van der Waals surface area contributed by atoms with Gasteiger partial charge in [-0.3, -0.25) is 4.79 Å². The fourth-order valence-electron chi connectivity index (χ4n) is 3.03. The van der Waals surface area contributed by atoms with Crippen molar-refractivity contribution in [3.8, 4) is 10.6 Å². The van der Waals surface area contributed by atoms with Crippen LogP contribution in [0.1, 0.15) is 34.2 Å². The summed E-state index contributed by atoms with van der Waals surface area (Å²) >= 11 is 9.14. The quantitative estimate of drug-likeness (QED) is 0.606. The molecule has 0 unspecified atom stereocenters. The van der Waals surface area contributed by atoms with Crippen molar-refractivity contribution in [1.29, 1.82) is 0 Å². The van der Waals surface area contributed by atoms with Crippen LogP contribution < -0.4 is 0 Å². The van der Waals surface area contributed by atoms with Gasteiger partial charge in [0.15, 0.2) is 0 Å². The van der Waals surface area contributed by atoms with Crippen molar-refractivity contribution in [1.82, 2.24) is 9.88 Å². The number of carbonyl (C=O) groups is 1. The zero-order chi connectivity index (χ0) is 16.5. The molecule has 1 aromatic carbocycles. The zero-order valence-electron chi connectivity index (χ0n) is 12.8. The van der Waals surface area contributed by atoms with E-state index in [9.17, 15) is 4.79 Å². The maximum absolute atomic E-state index is 12.9. The molecule has 4 rings (SSSR count). The Bertz CT molecular complexity index is 842. The zero-order valence-corrected chi connectivity index (χ0v) is 15.2. The second kappa shape index (κ2) is 6.67. The van der Waals surface area contributed by atoms with E-state index in [0.717, 1.165) is 30.0 Å². The molecule has 122 valence electrons. The molecule has 1 atom stereocenters. The molecule has 0 bridgehead atoms. The van der Waals surface area contributed by atoms with Crippen LogP contribution in [0.5, 0.6) is 0 Å². The molecule has 0 spiro atoms. The third kappa shape index (κ3) is 2.99. The van der Waals surface area contributed by atoms with Crippen LogP contribution in [0.2, 0.25) is 5.02 Å². The minimum Gasteiger partial charge on any atom is -0.329 e. The summed E-state index contributed by atoms with van der Waals surface area (Å²) in [5, 5.41) is 5.47. The van der Waals surface area contributed by atoms with E-state index in [4.69, 9.17) is 11.6 Å². The summed E-state index contributed by atoms with van der Waals surface area (Å²) in [6.45, 7) is 0.801. The van der Waals surface area contributed by atoms with Crippen molar-refractivity contribution in [2.75, 3.05) is 6.54 Å². The molecule has 1 amide bonds. The Labute approximate surface area is 153 Å². The number of thiazole rings is 1. The highest BCUT2D eigenvalue weighted by atomic mass is 35.5. The first-order valence-corrected chi connectivity index (χ1v) is 9.92. The number of rotatable bonds is 3. The summed E-state index contributed by atoms with van der Waals surface area (Å²) in [4.78, 5) is 20.7. The van der Waals surface area contributed by atoms with Gasteiger partial charge in [0.25, 0.3) is 5.91 Å². The highest BCUT2D eigenvalue weighted by Crippen LogP contribution is 2.36. The number of halogens is 1. The lowest BCUT2D eigenvalue weighted by Crippen LogP contribution is -2.30. The van der Waals surface area contributed by atoms with Gasteiger partial charge in [0.1, 0.15) is 10.7 Å². The van der Waals surface area contributed by atoms with Gasteiger partial charge in [0.05, 0.1) is 6.04 Å². The largest absolute Gasteiger partial charge is 0.329 e. The van der Waals surface area contributed by atoms with Crippen LogP contribution >= 0.6 is 34.3 Å². The van der Waals surface area contributed by atoms with E-state index in [0.29, 0.717) is 10.7 Å². The van der Waals surface area contributed by atoms with Crippen molar-refractivity contribution in [2.45, 2.75) is 18.9 Å². The van der Waals surface area contributed by atoms with Crippen LogP contribution in [0.3, 0.4) is 0 Å². The number of aromatic nitrogens is 1. The normalized spacial score (nSPS) is 17.4. The predicted octanol–water partition coefficient (Wildman–Crippen LogP) is 5.50. The summed E-state index contributed by atoms with van der Waals surface area (Å²) in [7, 11) is 0. The number of nitrogens with zero attached hydrogens (tertiary/aromatic N) is 2. The average Bonchev–Trinajstić information content (AvgIpc) is 3.34. The standard InChI is InChI=1S/C18H15ClN2OS2/c19-13-7-5-12(6-8-13)17-20-14(11-24-17)18(22)21-9-1-3-15(21)16-4-2-10-23-16/h2,4-8,10-11,15H,1,3,9H2/t15-/m1/s1. The number of hydrogen-bond acceptors (Lipinski definition) is 4. The molecule has 1 fully saturated rings. The highest BCUT2D eigenvalue weighted by Gasteiger charge is 2.32. The van der Waals surface area contributed by atoms with Crippen LogP contribution in [0.15, 0.2) is 47.2 Å². The molecular weight excluding hydrogens is 360 g/mol. The molecule has 0 radical (unpaired) electrons. The molecule has 3 aromatic rings. The number of benzene rings is 1. The number of hydrogen-bond donors (Lipinski definition) is 0. The number of thiophene rings is 1. The first-order valence-electron chi connectivity index (χ1n) is 7.78. The van der Waals surface area contributed by atoms with Crippen molar-refractivity contribution in [3.05, 3.63) is 62.8 Å². The number of likely N-dealkylation sites (tertiary alicyclic amines) is 1. The average molecular weight is 375 g/mol. The molecule has 0 aliphatic carbocycles. The van der Waals surface area contributed by atoms with Crippen molar-refractivity contribution in [3.63, 3.8) is 0 Å². The van der Waals surface area contributed by atoms with E-state index in [2.05, 4.69) is 16.4 Å². The fraction of sp³-hybridized carbons (Fsp3) is 0.222.